The van der Waals surface area contributed by atoms with Gasteiger partial charge in [-0.2, -0.15) is 11.8 Å². The molecule has 0 aromatic rings. The minimum atomic E-state index is 0.179. The third kappa shape index (κ3) is 1.82. The van der Waals surface area contributed by atoms with Crippen LogP contribution in [0.3, 0.4) is 0 Å². The molecule has 12 heavy (non-hydrogen) atoms. The summed E-state index contributed by atoms with van der Waals surface area (Å²) in [5.74, 6) is 1.87. The molecule has 3 atom stereocenters. The maximum Gasteiger partial charge on any atom is 0.139 e. The molecule has 1 aliphatic heterocycles. The van der Waals surface area contributed by atoms with Gasteiger partial charge >= 0.3 is 0 Å². The Hall–Kier alpha value is 0.375. The molecule has 1 rings (SSSR count). The second-order valence-electron chi connectivity index (χ2n) is 3.92. The minimum Gasteiger partial charge on any atom is -0.380 e. The molecule has 1 unspecified atom stereocenters. The molecule has 0 N–H and O–H groups in total. The molecule has 3 heteroatoms. The molecule has 0 saturated carbocycles. The molecule has 1 fully saturated rings. The quantitative estimate of drug-likeness (QED) is 0.618. The van der Waals surface area contributed by atoms with Crippen molar-refractivity contribution in [2.45, 2.75) is 38.3 Å². The Kier molecular flexibility index (Phi) is 3.53. The van der Waals surface area contributed by atoms with Gasteiger partial charge < -0.3 is 4.74 Å². The van der Waals surface area contributed by atoms with Crippen LogP contribution in [0, 0.1) is 5.92 Å². The fourth-order valence-corrected chi connectivity index (χ4v) is 3.28. The van der Waals surface area contributed by atoms with Crippen LogP contribution in [-0.2, 0) is 4.74 Å². The molecular weight excluding hydrogens is 167 g/mol. The van der Waals surface area contributed by atoms with Crippen LogP contribution in [0.5, 0.6) is 0 Å². The first-order valence-electron chi connectivity index (χ1n) is 4.81. The summed E-state index contributed by atoms with van der Waals surface area (Å²) in [7, 11) is 2.19. The van der Waals surface area contributed by atoms with Gasteiger partial charge in [0.2, 0.25) is 0 Å². The minimum absolute atomic E-state index is 0.179. The SMILES string of the molecule is B[C@H]1CC(C)[C@](CC)(CSC)O1. The summed E-state index contributed by atoms with van der Waals surface area (Å²) >= 11 is 1.90. The van der Waals surface area contributed by atoms with Crippen molar-refractivity contribution in [1.82, 2.24) is 0 Å². The highest BCUT2D eigenvalue weighted by atomic mass is 32.2. The zero-order valence-electron chi connectivity index (χ0n) is 8.59. The molecule has 0 aliphatic carbocycles. The molecular formula is C9H19BOS. The molecule has 0 spiro atoms. The van der Waals surface area contributed by atoms with Gasteiger partial charge in [-0.3, -0.25) is 0 Å². The highest BCUT2D eigenvalue weighted by Crippen LogP contribution is 2.39. The van der Waals surface area contributed by atoms with E-state index in [1.165, 1.54) is 6.42 Å². The number of hydrogen-bond donors (Lipinski definition) is 0. The van der Waals surface area contributed by atoms with Gasteiger partial charge in [0.25, 0.3) is 0 Å². The number of hydrogen-bond acceptors (Lipinski definition) is 2. The van der Waals surface area contributed by atoms with Gasteiger partial charge in [0.1, 0.15) is 7.85 Å². The molecule has 0 amide bonds. The van der Waals surface area contributed by atoms with Crippen LogP contribution >= 0.6 is 11.8 Å². The first-order chi connectivity index (χ1) is 5.64. The topological polar surface area (TPSA) is 9.23 Å². The Balaban J connectivity index is 2.65. The van der Waals surface area contributed by atoms with Gasteiger partial charge in [-0.25, -0.2) is 0 Å². The van der Waals surface area contributed by atoms with E-state index in [9.17, 15) is 0 Å². The van der Waals surface area contributed by atoms with E-state index in [-0.39, 0.29) is 5.60 Å². The van der Waals surface area contributed by atoms with E-state index in [0.29, 0.717) is 6.00 Å². The van der Waals surface area contributed by atoms with E-state index >= 15 is 0 Å². The van der Waals surface area contributed by atoms with Crippen molar-refractivity contribution in [1.29, 1.82) is 0 Å². The summed E-state index contributed by atoms with van der Waals surface area (Å²) in [6.07, 6.45) is 4.55. The van der Waals surface area contributed by atoms with E-state index in [1.807, 2.05) is 11.8 Å². The summed E-state index contributed by atoms with van der Waals surface area (Å²) < 4.78 is 6.03. The third-order valence-electron chi connectivity index (χ3n) is 3.01. The lowest BCUT2D eigenvalue weighted by Gasteiger charge is -2.31. The first-order valence-corrected chi connectivity index (χ1v) is 6.20. The van der Waals surface area contributed by atoms with Crippen LogP contribution in [0.15, 0.2) is 0 Å². The molecule has 1 aliphatic rings. The van der Waals surface area contributed by atoms with E-state index in [1.54, 1.807) is 0 Å². The van der Waals surface area contributed by atoms with Crippen molar-refractivity contribution in [3.8, 4) is 0 Å². The van der Waals surface area contributed by atoms with Crippen LogP contribution in [0.4, 0.5) is 0 Å². The van der Waals surface area contributed by atoms with Gasteiger partial charge in [0, 0.05) is 11.8 Å². The summed E-state index contributed by atoms with van der Waals surface area (Å²) in [5.41, 5.74) is 0.179. The second kappa shape index (κ2) is 4.06. The van der Waals surface area contributed by atoms with E-state index in [2.05, 4.69) is 27.9 Å². The standard InChI is InChI=1S/C9H19BOS/c1-4-9(6-12-3)7(2)5-8(10)11-9/h7-8H,4-6,10H2,1-3H3/t7?,8-,9+/m1/s1. The molecule has 1 nitrogen and oxygen atoms in total. The van der Waals surface area contributed by atoms with Crippen LogP contribution in [-0.4, -0.2) is 31.5 Å². The Bertz CT molecular complexity index is 153. The van der Waals surface area contributed by atoms with E-state index in [0.717, 1.165) is 18.1 Å². The largest absolute Gasteiger partial charge is 0.380 e. The van der Waals surface area contributed by atoms with Crippen molar-refractivity contribution in [3.63, 3.8) is 0 Å². The zero-order chi connectivity index (χ0) is 9.19. The molecule has 0 radical (unpaired) electrons. The van der Waals surface area contributed by atoms with Crippen molar-refractivity contribution < 1.29 is 4.74 Å². The van der Waals surface area contributed by atoms with Crippen molar-refractivity contribution in [2.75, 3.05) is 12.0 Å². The lowest BCUT2D eigenvalue weighted by Crippen LogP contribution is -2.36. The first kappa shape index (κ1) is 10.5. The Morgan fingerprint density at radius 3 is 2.67 bits per heavy atom. The fraction of sp³-hybridized carbons (Fsp3) is 1.00. The van der Waals surface area contributed by atoms with Crippen LogP contribution in [0.2, 0.25) is 0 Å². The lowest BCUT2D eigenvalue weighted by molar-refractivity contribution is -0.0143. The Labute approximate surface area is 81.0 Å². The van der Waals surface area contributed by atoms with Crippen molar-refractivity contribution in [3.05, 3.63) is 0 Å². The van der Waals surface area contributed by atoms with Gasteiger partial charge in [-0.15, -0.1) is 0 Å². The number of thioether (sulfide) groups is 1. The second-order valence-corrected chi connectivity index (χ2v) is 4.78. The van der Waals surface area contributed by atoms with E-state index < -0.39 is 0 Å². The summed E-state index contributed by atoms with van der Waals surface area (Å²) in [6, 6.07) is 0.465. The maximum absolute atomic E-state index is 6.03. The molecule has 0 bridgehead atoms. The van der Waals surface area contributed by atoms with Crippen LogP contribution < -0.4 is 0 Å². The normalized spacial score (nSPS) is 41.9. The predicted octanol–water partition coefficient (Wildman–Crippen LogP) is 1.51. The summed E-state index contributed by atoms with van der Waals surface area (Å²) in [6.45, 7) is 4.56. The summed E-state index contributed by atoms with van der Waals surface area (Å²) in [5, 5.41) is 0. The van der Waals surface area contributed by atoms with E-state index in [4.69, 9.17) is 4.74 Å². The van der Waals surface area contributed by atoms with Crippen molar-refractivity contribution in [2.24, 2.45) is 5.92 Å². The van der Waals surface area contributed by atoms with Gasteiger partial charge in [-0.05, 0) is 25.0 Å². The fourth-order valence-electron chi connectivity index (χ4n) is 2.23. The van der Waals surface area contributed by atoms with Crippen LogP contribution in [0.25, 0.3) is 0 Å². The highest BCUT2D eigenvalue weighted by Gasteiger charge is 2.42. The molecule has 0 aromatic carbocycles. The Morgan fingerprint density at radius 2 is 2.33 bits per heavy atom. The molecule has 1 heterocycles. The lowest BCUT2D eigenvalue weighted by atomic mass is 9.85. The number of rotatable bonds is 3. The summed E-state index contributed by atoms with van der Waals surface area (Å²) in [4.78, 5) is 0. The van der Waals surface area contributed by atoms with Crippen molar-refractivity contribution >= 4 is 19.6 Å². The molecule has 1 saturated heterocycles. The smallest absolute Gasteiger partial charge is 0.139 e. The van der Waals surface area contributed by atoms with Gasteiger partial charge in [-0.1, -0.05) is 13.8 Å². The Morgan fingerprint density at radius 1 is 1.67 bits per heavy atom. The number of ether oxygens (including phenoxy) is 1. The highest BCUT2D eigenvalue weighted by molar-refractivity contribution is 7.98. The molecule has 0 aromatic heterocycles. The average molecular weight is 186 g/mol. The monoisotopic (exact) mass is 186 g/mol. The maximum atomic E-state index is 6.03. The molecule has 70 valence electrons. The predicted molar refractivity (Wildman–Crippen MR) is 58.6 cm³/mol. The third-order valence-corrected chi connectivity index (χ3v) is 3.78. The zero-order valence-corrected chi connectivity index (χ0v) is 9.41. The van der Waals surface area contributed by atoms with Gasteiger partial charge in [0.05, 0.1) is 5.60 Å². The van der Waals surface area contributed by atoms with Gasteiger partial charge in [0.15, 0.2) is 0 Å². The van der Waals surface area contributed by atoms with Crippen LogP contribution in [0.1, 0.15) is 26.7 Å². The average Bonchev–Trinajstić information content (AvgIpc) is 2.28.